The summed E-state index contributed by atoms with van der Waals surface area (Å²) in [5, 5.41) is 0. The number of aliphatic imine (C=N–C) groups is 1. The van der Waals surface area contributed by atoms with Crippen molar-refractivity contribution in [2.24, 2.45) is 10.9 Å². The monoisotopic (exact) mass is 291 g/mol. The fourth-order valence-electron chi connectivity index (χ4n) is 4.32. The van der Waals surface area contributed by atoms with Crippen molar-refractivity contribution < 1.29 is 0 Å². The SMILES string of the molecule is C1CCCC(CCCN2CCCN3CCCN=C32)CCC1. The van der Waals surface area contributed by atoms with Gasteiger partial charge in [0.25, 0.3) is 0 Å². The molecule has 3 heteroatoms. The number of hydrogen-bond acceptors (Lipinski definition) is 3. The van der Waals surface area contributed by atoms with E-state index in [1.54, 1.807) is 0 Å². The molecule has 3 rings (SSSR count). The number of rotatable bonds is 4. The van der Waals surface area contributed by atoms with E-state index in [4.69, 9.17) is 4.99 Å². The van der Waals surface area contributed by atoms with E-state index in [1.165, 1.54) is 103 Å². The molecule has 1 saturated heterocycles. The van der Waals surface area contributed by atoms with Gasteiger partial charge in [-0.3, -0.25) is 4.99 Å². The summed E-state index contributed by atoms with van der Waals surface area (Å²) in [5.41, 5.74) is 0. The summed E-state index contributed by atoms with van der Waals surface area (Å²) in [7, 11) is 0. The van der Waals surface area contributed by atoms with Crippen LogP contribution in [0.4, 0.5) is 0 Å². The molecule has 0 N–H and O–H groups in total. The smallest absolute Gasteiger partial charge is 0.196 e. The highest BCUT2D eigenvalue weighted by molar-refractivity contribution is 5.81. The maximum Gasteiger partial charge on any atom is 0.196 e. The van der Waals surface area contributed by atoms with Crippen molar-refractivity contribution in [1.29, 1.82) is 0 Å². The molecule has 1 saturated carbocycles. The normalized spacial score (nSPS) is 25.0. The molecule has 0 atom stereocenters. The van der Waals surface area contributed by atoms with Gasteiger partial charge < -0.3 is 9.80 Å². The van der Waals surface area contributed by atoms with Crippen LogP contribution in [-0.4, -0.2) is 48.5 Å². The summed E-state index contributed by atoms with van der Waals surface area (Å²) in [6.45, 7) is 5.99. The molecular formula is C18H33N3. The van der Waals surface area contributed by atoms with Crippen molar-refractivity contribution >= 4 is 5.96 Å². The highest BCUT2D eigenvalue weighted by Crippen LogP contribution is 2.26. The van der Waals surface area contributed by atoms with Gasteiger partial charge in [0.2, 0.25) is 0 Å². The van der Waals surface area contributed by atoms with Crippen LogP contribution < -0.4 is 0 Å². The highest BCUT2D eigenvalue weighted by Gasteiger charge is 2.25. The molecule has 3 aliphatic rings. The molecule has 0 spiro atoms. The fourth-order valence-corrected chi connectivity index (χ4v) is 4.32. The van der Waals surface area contributed by atoms with E-state index >= 15 is 0 Å². The lowest BCUT2D eigenvalue weighted by Gasteiger charge is -2.41. The van der Waals surface area contributed by atoms with Crippen molar-refractivity contribution in [3.8, 4) is 0 Å². The zero-order chi connectivity index (χ0) is 14.3. The summed E-state index contributed by atoms with van der Waals surface area (Å²) >= 11 is 0. The molecule has 21 heavy (non-hydrogen) atoms. The van der Waals surface area contributed by atoms with E-state index in [-0.39, 0.29) is 0 Å². The molecule has 0 radical (unpaired) electrons. The van der Waals surface area contributed by atoms with Gasteiger partial charge in [-0.15, -0.1) is 0 Å². The van der Waals surface area contributed by atoms with Gasteiger partial charge in [-0.2, -0.15) is 0 Å². The van der Waals surface area contributed by atoms with Gasteiger partial charge in [0.1, 0.15) is 0 Å². The van der Waals surface area contributed by atoms with Crippen molar-refractivity contribution in [2.45, 2.75) is 70.6 Å². The standard InChI is InChI=1S/C18H33N3/c1-2-4-9-17(10-5-3-1)11-6-13-20-15-8-16-21-14-7-12-19-18(20)21/h17H,1-16H2. The van der Waals surface area contributed by atoms with Crippen molar-refractivity contribution in [1.82, 2.24) is 9.80 Å². The van der Waals surface area contributed by atoms with Crippen molar-refractivity contribution in [3.63, 3.8) is 0 Å². The van der Waals surface area contributed by atoms with Gasteiger partial charge in [-0.25, -0.2) is 0 Å². The van der Waals surface area contributed by atoms with Crippen LogP contribution in [0.2, 0.25) is 0 Å². The average Bonchev–Trinajstić information content (AvgIpc) is 2.49. The van der Waals surface area contributed by atoms with Gasteiger partial charge in [-0.1, -0.05) is 44.9 Å². The van der Waals surface area contributed by atoms with E-state index in [0.29, 0.717) is 0 Å². The summed E-state index contributed by atoms with van der Waals surface area (Å²) in [4.78, 5) is 9.89. The van der Waals surface area contributed by atoms with Gasteiger partial charge in [0, 0.05) is 32.7 Å². The minimum Gasteiger partial charge on any atom is -0.343 e. The summed E-state index contributed by atoms with van der Waals surface area (Å²) in [6.07, 6.45) is 15.8. The Morgan fingerprint density at radius 3 is 2.48 bits per heavy atom. The molecule has 120 valence electrons. The van der Waals surface area contributed by atoms with Crippen LogP contribution in [0.5, 0.6) is 0 Å². The Morgan fingerprint density at radius 1 is 0.857 bits per heavy atom. The highest BCUT2D eigenvalue weighted by atomic mass is 15.4. The fraction of sp³-hybridized carbons (Fsp3) is 0.944. The Labute approximate surface area is 130 Å². The van der Waals surface area contributed by atoms with Gasteiger partial charge in [-0.05, 0) is 31.6 Å². The second-order valence-corrected chi connectivity index (χ2v) is 7.22. The molecule has 2 heterocycles. The first-order chi connectivity index (χ1) is 10.4. The topological polar surface area (TPSA) is 18.8 Å². The van der Waals surface area contributed by atoms with E-state index in [2.05, 4.69) is 9.80 Å². The van der Waals surface area contributed by atoms with Crippen LogP contribution in [0, 0.1) is 5.92 Å². The Morgan fingerprint density at radius 2 is 1.62 bits per heavy atom. The zero-order valence-corrected chi connectivity index (χ0v) is 13.7. The molecule has 0 aromatic rings. The first-order valence-corrected chi connectivity index (χ1v) is 9.48. The maximum atomic E-state index is 4.79. The van der Waals surface area contributed by atoms with Gasteiger partial charge >= 0.3 is 0 Å². The molecule has 0 aromatic heterocycles. The molecule has 0 bridgehead atoms. The van der Waals surface area contributed by atoms with Crippen LogP contribution >= 0.6 is 0 Å². The zero-order valence-electron chi connectivity index (χ0n) is 13.7. The Hall–Kier alpha value is -0.730. The lowest BCUT2D eigenvalue weighted by molar-refractivity contribution is 0.235. The van der Waals surface area contributed by atoms with Crippen LogP contribution in [0.3, 0.4) is 0 Å². The minimum absolute atomic E-state index is 1.01. The Balaban J connectivity index is 1.42. The van der Waals surface area contributed by atoms with E-state index in [0.717, 1.165) is 12.5 Å². The number of guanidine groups is 1. The van der Waals surface area contributed by atoms with Crippen molar-refractivity contribution in [3.05, 3.63) is 0 Å². The largest absolute Gasteiger partial charge is 0.343 e. The number of nitrogens with zero attached hydrogens (tertiary/aromatic N) is 3. The second kappa shape index (κ2) is 8.05. The third kappa shape index (κ3) is 4.37. The third-order valence-corrected chi connectivity index (χ3v) is 5.53. The number of fused-ring (bicyclic) bond motifs is 1. The first-order valence-electron chi connectivity index (χ1n) is 9.48. The predicted octanol–water partition coefficient (Wildman–Crippen LogP) is 3.89. The molecular weight excluding hydrogens is 258 g/mol. The molecule has 2 aliphatic heterocycles. The summed E-state index contributed by atoms with van der Waals surface area (Å²) < 4.78 is 0. The van der Waals surface area contributed by atoms with Crippen LogP contribution in [0.1, 0.15) is 70.6 Å². The van der Waals surface area contributed by atoms with E-state index in [1.807, 2.05) is 0 Å². The molecule has 0 amide bonds. The van der Waals surface area contributed by atoms with E-state index in [9.17, 15) is 0 Å². The predicted molar refractivity (Wildman–Crippen MR) is 89.7 cm³/mol. The van der Waals surface area contributed by atoms with Crippen molar-refractivity contribution in [2.75, 3.05) is 32.7 Å². The molecule has 0 unspecified atom stereocenters. The maximum absolute atomic E-state index is 4.79. The van der Waals surface area contributed by atoms with Crippen LogP contribution in [0.15, 0.2) is 4.99 Å². The van der Waals surface area contributed by atoms with E-state index < -0.39 is 0 Å². The Kier molecular flexibility index (Phi) is 5.82. The molecule has 3 nitrogen and oxygen atoms in total. The summed E-state index contributed by atoms with van der Waals surface area (Å²) in [5.74, 6) is 2.34. The quantitative estimate of drug-likeness (QED) is 0.782. The minimum atomic E-state index is 1.01. The van der Waals surface area contributed by atoms with Crippen LogP contribution in [-0.2, 0) is 0 Å². The van der Waals surface area contributed by atoms with Gasteiger partial charge in [0.15, 0.2) is 5.96 Å². The lowest BCUT2D eigenvalue weighted by atomic mass is 9.88. The van der Waals surface area contributed by atoms with Gasteiger partial charge in [0.05, 0.1) is 0 Å². The lowest BCUT2D eigenvalue weighted by Crippen LogP contribution is -2.52. The second-order valence-electron chi connectivity index (χ2n) is 7.22. The summed E-state index contributed by atoms with van der Waals surface area (Å²) in [6, 6.07) is 0. The third-order valence-electron chi connectivity index (χ3n) is 5.53. The molecule has 1 aliphatic carbocycles. The Bertz CT molecular complexity index is 331. The number of hydrogen-bond donors (Lipinski definition) is 0. The molecule has 0 aromatic carbocycles. The first kappa shape index (κ1) is 15.2. The molecule has 2 fully saturated rings. The average molecular weight is 291 g/mol. The van der Waals surface area contributed by atoms with Crippen LogP contribution in [0.25, 0.3) is 0 Å².